The maximum absolute atomic E-state index is 9.22. The predicted octanol–water partition coefficient (Wildman–Crippen LogP) is 1.20. The van der Waals surface area contributed by atoms with Crippen molar-refractivity contribution in [2.75, 3.05) is 7.11 Å². The highest BCUT2D eigenvalue weighted by atomic mass is 16.6. The summed E-state index contributed by atoms with van der Waals surface area (Å²) in [5.41, 5.74) is 1.11. The number of hydrogen-bond acceptors (Lipinski definition) is 3. The third-order valence-electron chi connectivity index (χ3n) is 1.52. The largest absolute Gasteiger partial charge is 0.364 e. The molecule has 1 atom stereocenters. The van der Waals surface area contributed by atoms with E-state index in [2.05, 4.69) is 4.74 Å². The minimum absolute atomic E-state index is 0.517. The zero-order valence-electron chi connectivity index (χ0n) is 6.69. The number of nitriles is 1. The SMILES string of the molecule is COC(O)c1cccc(C#N)c1. The van der Waals surface area contributed by atoms with Crippen LogP contribution in [0.15, 0.2) is 24.3 Å². The van der Waals surface area contributed by atoms with Crippen LogP contribution in [0, 0.1) is 11.3 Å². The first-order chi connectivity index (χ1) is 5.77. The molecule has 62 valence electrons. The molecular formula is C9H9NO2. The van der Waals surface area contributed by atoms with Crippen LogP contribution < -0.4 is 0 Å². The Morgan fingerprint density at radius 3 is 2.92 bits per heavy atom. The molecule has 0 spiro atoms. The molecule has 0 aliphatic heterocycles. The Morgan fingerprint density at radius 1 is 1.58 bits per heavy atom. The first kappa shape index (κ1) is 8.72. The van der Waals surface area contributed by atoms with Crippen LogP contribution in [0.3, 0.4) is 0 Å². The molecule has 1 rings (SSSR count). The second-order valence-electron chi connectivity index (χ2n) is 2.33. The summed E-state index contributed by atoms with van der Waals surface area (Å²) in [4.78, 5) is 0. The van der Waals surface area contributed by atoms with Gasteiger partial charge in [0.1, 0.15) is 0 Å². The van der Waals surface area contributed by atoms with Crippen molar-refractivity contribution in [3.63, 3.8) is 0 Å². The Balaban J connectivity index is 2.95. The second-order valence-corrected chi connectivity index (χ2v) is 2.33. The van der Waals surface area contributed by atoms with Gasteiger partial charge in [-0.3, -0.25) is 0 Å². The number of rotatable bonds is 2. The van der Waals surface area contributed by atoms with E-state index in [-0.39, 0.29) is 0 Å². The Bertz CT molecular complexity index is 304. The zero-order valence-corrected chi connectivity index (χ0v) is 6.69. The molecule has 3 nitrogen and oxygen atoms in total. The molecule has 0 aromatic heterocycles. The van der Waals surface area contributed by atoms with Crippen LogP contribution in [0.1, 0.15) is 17.4 Å². The zero-order chi connectivity index (χ0) is 8.97. The van der Waals surface area contributed by atoms with Crippen LogP contribution in [0.5, 0.6) is 0 Å². The van der Waals surface area contributed by atoms with Crippen LogP contribution in [0.4, 0.5) is 0 Å². The predicted molar refractivity (Wildman–Crippen MR) is 43.1 cm³/mol. The minimum atomic E-state index is -0.946. The molecule has 1 unspecified atom stereocenters. The Hall–Kier alpha value is -1.37. The third kappa shape index (κ3) is 1.82. The molecule has 0 aliphatic rings. The average molecular weight is 163 g/mol. The molecule has 0 aliphatic carbocycles. The highest BCUT2D eigenvalue weighted by Gasteiger charge is 2.04. The van der Waals surface area contributed by atoms with Gasteiger partial charge in [0.25, 0.3) is 0 Å². The van der Waals surface area contributed by atoms with Gasteiger partial charge in [-0.15, -0.1) is 0 Å². The standard InChI is InChI=1S/C9H9NO2/c1-12-9(11)8-4-2-3-7(5-8)6-10/h2-5,9,11H,1H3. The summed E-state index contributed by atoms with van der Waals surface area (Å²) in [6.45, 7) is 0. The fourth-order valence-corrected chi connectivity index (χ4v) is 0.898. The number of hydrogen-bond donors (Lipinski definition) is 1. The normalized spacial score (nSPS) is 12.1. The van der Waals surface area contributed by atoms with Crippen LogP contribution in [0.2, 0.25) is 0 Å². The molecule has 0 saturated carbocycles. The third-order valence-corrected chi connectivity index (χ3v) is 1.52. The molecular weight excluding hydrogens is 154 g/mol. The molecule has 1 aromatic carbocycles. The highest BCUT2D eigenvalue weighted by molar-refractivity contribution is 5.33. The number of ether oxygens (including phenoxy) is 1. The van der Waals surface area contributed by atoms with Gasteiger partial charge in [0.05, 0.1) is 11.6 Å². The number of methoxy groups -OCH3 is 1. The molecule has 0 heterocycles. The monoisotopic (exact) mass is 163 g/mol. The van der Waals surface area contributed by atoms with E-state index < -0.39 is 6.29 Å². The summed E-state index contributed by atoms with van der Waals surface area (Å²) in [7, 11) is 1.41. The molecule has 0 saturated heterocycles. The molecule has 12 heavy (non-hydrogen) atoms. The van der Waals surface area contributed by atoms with E-state index in [0.717, 1.165) is 0 Å². The van der Waals surface area contributed by atoms with Gasteiger partial charge in [0.2, 0.25) is 0 Å². The average Bonchev–Trinajstić information content (AvgIpc) is 2.17. The summed E-state index contributed by atoms with van der Waals surface area (Å²) in [5.74, 6) is 0. The lowest BCUT2D eigenvalue weighted by atomic mass is 10.1. The van der Waals surface area contributed by atoms with Gasteiger partial charge < -0.3 is 9.84 Å². The van der Waals surface area contributed by atoms with Crippen LogP contribution in [0.25, 0.3) is 0 Å². The number of benzene rings is 1. The fourth-order valence-electron chi connectivity index (χ4n) is 0.898. The van der Waals surface area contributed by atoms with Crippen molar-refractivity contribution < 1.29 is 9.84 Å². The molecule has 0 radical (unpaired) electrons. The minimum Gasteiger partial charge on any atom is -0.364 e. The van der Waals surface area contributed by atoms with E-state index in [1.807, 2.05) is 6.07 Å². The van der Waals surface area contributed by atoms with Gasteiger partial charge in [-0.05, 0) is 12.1 Å². The lowest BCUT2D eigenvalue weighted by molar-refractivity contribution is -0.0769. The summed E-state index contributed by atoms with van der Waals surface area (Å²) in [5, 5.41) is 17.8. The van der Waals surface area contributed by atoms with Gasteiger partial charge in [0, 0.05) is 12.7 Å². The van der Waals surface area contributed by atoms with Crippen molar-refractivity contribution in [1.82, 2.24) is 0 Å². The van der Waals surface area contributed by atoms with E-state index in [0.29, 0.717) is 11.1 Å². The van der Waals surface area contributed by atoms with Gasteiger partial charge >= 0.3 is 0 Å². The first-order valence-electron chi connectivity index (χ1n) is 3.49. The summed E-state index contributed by atoms with van der Waals surface area (Å²) in [6, 6.07) is 8.65. The quantitative estimate of drug-likeness (QED) is 0.666. The van der Waals surface area contributed by atoms with Gasteiger partial charge in [-0.25, -0.2) is 0 Å². The van der Waals surface area contributed by atoms with Crippen LogP contribution in [-0.2, 0) is 4.74 Å². The number of aliphatic hydroxyl groups is 1. The van der Waals surface area contributed by atoms with Gasteiger partial charge in [-0.1, -0.05) is 12.1 Å². The van der Waals surface area contributed by atoms with E-state index in [4.69, 9.17) is 5.26 Å². The maximum Gasteiger partial charge on any atom is 0.180 e. The summed E-state index contributed by atoms with van der Waals surface area (Å²) >= 11 is 0. The van der Waals surface area contributed by atoms with Crippen molar-refractivity contribution in [3.05, 3.63) is 35.4 Å². The lowest BCUT2D eigenvalue weighted by Gasteiger charge is -2.07. The molecule has 1 aromatic rings. The van der Waals surface area contributed by atoms with Crippen molar-refractivity contribution >= 4 is 0 Å². The van der Waals surface area contributed by atoms with E-state index in [1.54, 1.807) is 24.3 Å². The van der Waals surface area contributed by atoms with Crippen molar-refractivity contribution in [1.29, 1.82) is 5.26 Å². The van der Waals surface area contributed by atoms with Crippen LogP contribution in [-0.4, -0.2) is 12.2 Å². The highest BCUT2D eigenvalue weighted by Crippen LogP contribution is 2.13. The van der Waals surface area contributed by atoms with Crippen molar-refractivity contribution in [3.8, 4) is 6.07 Å². The Morgan fingerprint density at radius 2 is 2.33 bits per heavy atom. The fraction of sp³-hybridized carbons (Fsp3) is 0.222. The lowest BCUT2D eigenvalue weighted by Crippen LogP contribution is -1.99. The van der Waals surface area contributed by atoms with Crippen molar-refractivity contribution in [2.45, 2.75) is 6.29 Å². The molecule has 1 N–H and O–H groups in total. The second kappa shape index (κ2) is 3.86. The molecule has 3 heteroatoms. The van der Waals surface area contributed by atoms with Gasteiger partial charge in [-0.2, -0.15) is 5.26 Å². The van der Waals surface area contributed by atoms with Gasteiger partial charge in [0.15, 0.2) is 6.29 Å². The Labute approximate surface area is 70.8 Å². The number of nitrogens with zero attached hydrogens (tertiary/aromatic N) is 1. The van der Waals surface area contributed by atoms with E-state index >= 15 is 0 Å². The first-order valence-corrected chi connectivity index (χ1v) is 3.49. The Kier molecular flexibility index (Phi) is 2.81. The maximum atomic E-state index is 9.22. The van der Waals surface area contributed by atoms with Crippen LogP contribution >= 0.6 is 0 Å². The topological polar surface area (TPSA) is 53.2 Å². The van der Waals surface area contributed by atoms with E-state index in [1.165, 1.54) is 7.11 Å². The molecule has 0 bridgehead atoms. The summed E-state index contributed by atoms with van der Waals surface area (Å²) in [6.07, 6.45) is -0.946. The summed E-state index contributed by atoms with van der Waals surface area (Å²) < 4.78 is 4.68. The smallest absolute Gasteiger partial charge is 0.180 e. The van der Waals surface area contributed by atoms with Crippen molar-refractivity contribution in [2.24, 2.45) is 0 Å². The molecule has 0 fully saturated rings. The molecule has 0 amide bonds. The number of aliphatic hydroxyl groups excluding tert-OH is 1. The van der Waals surface area contributed by atoms with E-state index in [9.17, 15) is 5.11 Å².